The number of benzene rings is 3. The lowest BCUT2D eigenvalue weighted by molar-refractivity contribution is -0.121. The van der Waals surface area contributed by atoms with E-state index in [4.69, 9.17) is 9.47 Å². The standard InChI is InChI=1S/C23H25N3O3/c1-15(19-13-12-18(28-3)14-22(19)29-4)25-26-23(27)16(2)24-21-11-7-9-17-8-5-6-10-20(17)21/h5-14,16,24H,1-4H3,(H,26,27). The van der Waals surface area contributed by atoms with Crippen LogP contribution in [-0.2, 0) is 4.79 Å². The molecule has 0 heterocycles. The summed E-state index contributed by atoms with van der Waals surface area (Å²) in [6.07, 6.45) is 0. The van der Waals surface area contributed by atoms with Crippen molar-refractivity contribution in [2.45, 2.75) is 19.9 Å². The second-order valence-corrected chi connectivity index (χ2v) is 6.63. The fourth-order valence-corrected chi connectivity index (χ4v) is 3.04. The highest BCUT2D eigenvalue weighted by Gasteiger charge is 2.14. The second-order valence-electron chi connectivity index (χ2n) is 6.63. The molecule has 6 heteroatoms. The van der Waals surface area contributed by atoms with Crippen LogP contribution in [0.1, 0.15) is 19.4 Å². The van der Waals surface area contributed by atoms with Crippen molar-refractivity contribution in [3.63, 3.8) is 0 Å². The van der Waals surface area contributed by atoms with E-state index in [-0.39, 0.29) is 5.91 Å². The molecular weight excluding hydrogens is 366 g/mol. The maximum absolute atomic E-state index is 12.5. The Morgan fingerprint density at radius 3 is 2.52 bits per heavy atom. The van der Waals surface area contributed by atoms with Gasteiger partial charge in [-0.05, 0) is 37.4 Å². The fraction of sp³-hybridized carbons (Fsp3) is 0.217. The van der Waals surface area contributed by atoms with E-state index in [1.165, 1.54) is 0 Å². The Morgan fingerprint density at radius 2 is 1.76 bits per heavy atom. The number of rotatable bonds is 7. The minimum Gasteiger partial charge on any atom is -0.497 e. The molecule has 0 aromatic heterocycles. The summed E-state index contributed by atoms with van der Waals surface area (Å²) < 4.78 is 10.6. The molecular formula is C23H25N3O3. The maximum Gasteiger partial charge on any atom is 0.262 e. The van der Waals surface area contributed by atoms with Crippen molar-refractivity contribution in [1.29, 1.82) is 0 Å². The van der Waals surface area contributed by atoms with Crippen molar-refractivity contribution in [3.05, 3.63) is 66.2 Å². The van der Waals surface area contributed by atoms with Gasteiger partial charge < -0.3 is 14.8 Å². The highest BCUT2D eigenvalue weighted by molar-refractivity contribution is 6.02. The van der Waals surface area contributed by atoms with Crippen molar-refractivity contribution >= 4 is 28.1 Å². The molecule has 0 aliphatic carbocycles. The molecule has 1 amide bonds. The van der Waals surface area contributed by atoms with Crippen molar-refractivity contribution in [1.82, 2.24) is 5.43 Å². The summed E-state index contributed by atoms with van der Waals surface area (Å²) in [4.78, 5) is 12.5. The summed E-state index contributed by atoms with van der Waals surface area (Å²) in [6.45, 7) is 3.61. The molecule has 29 heavy (non-hydrogen) atoms. The largest absolute Gasteiger partial charge is 0.497 e. The van der Waals surface area contributed by atoms with Gasteiger partial charge in [0.1, 0.15) is 17.5 Å². The van der Waals surface area contributed by atoms with Gasteiger partial charge in [-0.25, -0.2) is 5.43 Å². The summed E-state index contributed by atoms with van der Waals surface area (Å²) in [5.41, 5.74) is 4.95. The topological polar surface area (TPSA) is 72.0 Å². The number of hydrogen-bond acceptors (Lipinski definition) is 5. The van der Waals surface area contributed by atoms with Crippen LogP contribution in [-0.4, -0.2) is 31.9 Å². The molecule has 150 valence electrons. The van der Waals surface area contributed by atoms with Gasteiger partial charge in [0.15, 0.2) is 0 Å². The molecule has 2 N–H and O–H groups in total. The molecule has 3 aromatic rings. The van der Waals surface area contributed by atoms with Gasteiger partial charge in [-0.1, -0.05) is 36.4 Å². The van der Waals surface area contributed by atoms with Gasteiger partial charge in [0.25, 0.3) is 5.91 Å². The number of hydrogen-bond donors (Lipinski definition) is 2. The Hall–Kier alpha value is -3.54. The second kappa shape index (κ2) is 9.10. The lowest BCUT2D eigenvalue weighted by Gasteiger charge is -2.16. The first kappa shape index (κ1) is 20.2. The fourth-order valence-electron chi connectivity index (χ4n) is 3.04. The molecule has 0 spiro atoms. The molecule has 0 radical (unpaired) electrons. The van der Waals surface area contributed by atoms with E-state index >= 15 is 0 Å². The predicted molar refractivity (Wildman–Crippen MR) is 117 cm³/mol. The van der Waals surface area contributed by atoms with E-state index in [9.17, 15) is 4.79 Å². The van der Waals surface area contributed by atoms with Crippen LogP contribution in [0.4, 0.5) is 5.69 Å². The molecule has 0 saturated heterocycles. The van der Waals surface area contributed by atoms with Gasteiger partial charge >= 0.3 is 0 Å². The Kier molecular flexibility index (Phi) is 6.34. The minimum absolute atomic E-state index is 0.232. The molecule has 1 atom stereocenters. The Balaban J connectivity index is 1.71. The van der Waals surface area contributed by atoms with E-state index in [2.05, 4.69) is 15.8 Å². The van der Waals surface area contributed by atoms with Gasteiger partial charge in [0, 0.05) is 22.7 Å². The lowest BCUT2D eigenvalue weighted by Crippen LogP contribution is -2.35. The van der Waals surface area contributed by atoms with Gasteiger partial charge in [-0.3, -0.25) is 4.79 Å². The zero-order valence-corrected chi connectivity index (χ0v) is 17.0. The van der Waals surface area contributed by atoms with Crippen molar-refractivity contribution in [2.24, 2.45) is 5.10 Å². The summed E-state index contributed by atoms with van der Waals surface area (Å²) >= 11 is 0. The number of ether oxygens (including phenoxy) is 2. The molecule has 0 aliphatic heterocycles. The van der Waals surface area contributed by atoms with Crippen molar-refractivity contribution < 1.29 is 14.3 Å². The van der Waals surface area contributed by atoms with Crippen LogP contribution >= 0.6 is 0 Å². The molecule has 0 aliphatic rings. The van der Waals surface area contributed by atoms with Gasteiger partial charge in [-0.2, -0.15) is 5.10 Å². The molecule has 6 nitrogen and oxygen atoms in total. The quantitative estimate of drug-likeness (QED) is 0.468. The van der Waals surface area contributed by atoms with Crippen LogP contribution in [0.25, 0.3) is 10.8 Å². The third-order valence-corrected chi connectivity index (χ3v) is 4.69. The van der Waals surface area contributed by atoms with Crippen molar-refractivity contribution in [2.75, 3.05) is 19.5 Å². The number of carbonyl (C=O) groups is 1. The highest BCUT2D eigenvalue weighted by atomic mass is 16.5. The number of hydrazone groups is 1. The number of amides is 1. The molecule has 0 bridgehead atoms. The van der Waals surface area contributed by atoms with Crippen LogP contribution in [0.5, 0.6) is 11.5 Å². The summed E-state index contributed by atoms with van der Waals surface area (Å²) in [5.74, 6) is 1.09. The molecule has 3 rings (SSSR count). The number of anilines is 1. The van der Waals surface area contributed by atoms with Gasteiger partial charge in [-0.15, -0.1) is 0 Å². The van der Waals surface area contributed by atoms with E-state index in [1.807, 2.05) is 61.5 Å². The Bertz CT molecular complexity index is 1040. The summed E-state index contributed by atoms with van der Waals surface area (Å²) in [5, 5.41) is 9.69. The number of carbonyl (C=O) groups excluding carboxylic acids is 1. The lowest BCUT2D eigenvalue weighted by atomic mass is 10.1. The highest BCUT2D eigenvalue weighted by Crippen LogP contribution is 2.25. The van der Waals surface area contributed by atoms with E-state index in [0.29, 0.717) is 17.2 Å². The zero-order valence-electron chi connectivity index (χ0n) is 17.0. The smallest absolute Gasteiger partial charge is 0.262 e. The first-order chi connectivity index (χ1) is 14.0. The van der Waals surface area contributed by atoms with Gasteiger partial charge in [0.2, 0.25) is 0 Å². The number of fused-ring (bicyclic) bond motifs is 1. The predicted octanol–water partition coefficient (Wildman–Crippen LogP) is 4.20. The van der Waals surface area contributed by atoms with E-state index in [0.717, 1.165) is 22.0 Å². The molecule has 3 aromatic carbocycles. The number of nitrogens with one attached hydrogen (secondary N) is 2. The van der Waals surface area contributed by atoms with Crippen LogP contribution in [0.3, 0.4) is 0 Å². The normalized spacial score (nSPS) is 12.3. The molecule has 0 fully saturated rings. The average Bonchev–Trinajstić information content (AvgIpc) is 2.76. The van der Waals surface area contributed by atoms with E-state index in [1.54, 1.807) is 27.2 Å². The molecule has 1 unspecified atom stereocenters. The average molecular weight is 391 g/mol. The van der Waals surface area contributed by atoms with Crippen LogP contribution in [0, 0.1) is 0 Å². The Morgan fingerprint density at radius 1 is 1.00 bits per heavy atom. The zero-order chi connectivity index (χ0) is 20.8. The SMILES string of the molecule is COc1ccc(C(C)=NNC(=O)C(C)Nc2cccc3ccccc23)c(OC)c1. The summed E-state index contributed by atoms with van der Waals surface area (Å²) in [7, 11) is 3.18. The van der Waals surface area contributed by atoms with Crippen LogP contribution in [0.2, 0.25) is 0 Å². The number of methoxy groups -OCH3 is 2. The third kappa shape index (κ3) is 4.66. The van der Waals surface area contributed by atoms with Gasteiger partial charge in [0.05, 0.1) is 19.9 Å². The summed E-state index contributed by atoms with van der Waals surface area (Å²) in [6, 6.07) is 19.0. The van der Waals surface area contributed by atoms with Crippen molar-refractivity contribution in [3.8, 4) is 11.5 Å². The van der Waals surface area contributed by atoms with Crippen LogP contribution in [0.15, 0.2) is 65.8 Å². The monoisotopic (exact) mass is 391 g/mol. The van der Waals surface area contributed by atoms with Crippen LogP contribution < -0.4 is 20.2 Å². The Labute approximate surface area is 170 Å². The minimum atomic E-state index is -0.463. The third-order valence-electron chi connectivity index (χ3n) is 4.69. The maximum atomic E-state index is 12.5. The first-order valence-electron chi connectivity index (χ1n) is 9.34. The molecule has 0 saturated carbocycles. The van der Waals surface area contributed by atoms with E-state index < -0.39 is 6.04 Å². The first-order valence-corrected chi connectivity index (χ1v) is 9.34. The number of nitrogens with zero attached hydrogens (tertiary/aromatic N) is 1.